The van der Waals surface area contributed by atoms with Gasteiger partial charge in [0.1, 0.15) is 17.8 Å². The number of anilines is 1. The van der Waals surface area contributed by atoms with Gasteiger partial charge in [0.25, 0.3) is 0 Å². The molecule has 0 saturated carbocycles. The Bertz CT molecular complexity index is 1170. The molecule has 0 spiro atoms. The van der Waals surface area contributed by atoms with E-state index in [2.05, 4.69) is 5.32 Å². The maximum Gasteiger partial charge on any atom is 0.312 e. The van der Waals surface area contributed by atoms with Crippen LogP contribution in [0.1, 0.15) is 29.7 Å². The Morgan fingerprint density at radius 3 is 2.64 bits per heavy atom. The average molecular weight is 375 g/mol. The lowest BCUT2D eigenvalue weighted by molar-refractivity contribution is -0.139. The Morgan fingerprint density at radius 2 is 1.89 bits per heavy atom. The van der Waals surface area contributed by atoms with Gasteiger partial charge in [0.15, 0.2) is 5.43 Å². The van der Waals surface area contributed by atoms with Gasteiger partial charge in [-0.3, -0.25) is 14.4 Å². The quantitative estimate of drug-likeness (QED) is 0.678. The van der Waals surface area contributed by atoms with Gasteiger partial charge in [-0.15, -0.1) is 0 Å². The molecular formula is C22H17NO5. The Labute approximate surface area is 160 Å². The monoisotopic (exact) mass is 375 g/mol. The van der Waals surface area contributed by atoms with Gasteiger partial charge in [-0.05, 0) is 42.2 Å². The summed E-state index contributed by atoms with van der Waals surface area (Å²) in [6, 6.07) is 14.5. The van der Waals surface area contributed by atoms with Crippen LogP contribution in [0.15, 0.2) is 57.7 Å². The van der Waals surface area contributed by atoms with Crippen LogP contribution in [0.25, 0.3) is 22.6 Å². The van der Waals surface area contributed by atoms with Gasteiger partial charge in [-0.25, -0.2) is 0 Å². The Hall–Kier alpha value is -3.67. The van der Waals surface area contributed by atoms with Crippen LogP contribution < -0.4 is 10.7 Å². The number of fused-ring (bicyclic) bond motifs is 2. The number of carboxylic acids is 1. The molecule has 140 valence electrons. The molecule has 1 aliphatic carbocycles. The van der Waals surface area contributed by atoms with E-state index in [4.69, 9.17) is 9.52 Å². The molecule has 0 fully saturated rings. The van der Waals surface area contributed by atoms with Crippen molar-refractivity contribution in [3.05, 3.63) is 75.6 Å². The average Bonchev–Trinajstić information content (AvgIpc) is 3.05. The summed E-state index contributed by atoms with van der Waals surface area (Å²) in [5.41, 5.74) is 3.32. The maximum atomic E-state index is 12.8. The lowest BCUT2D eigenvalue weighted by atomic mass is 10.1. The standard InChI is InChI=1S/C22H17NO5/c24-19(12-20(25)26)23-15-7-9-16-18(11-15)28-22-14(6-8-17(22)21(16)27)10-13-4-2-1-3-5-13/h1-5,7,9-11H,6,8,12H2,(H,23,24)(H,25,26)/b14-10+. The Morgan fingerprint density at radius 1 is 1.11 bits per heavy atom. The van der Waals surface area contributed by atoms with Crippen molar-refractivity contribution < 1.29 is 19.1 Å². The van der Waals surface area contributed by atoms with Crippen molar-refractivity contribution in [3.8, 4) is 0 Å². The van der Waals surface area contributed by atoms with Crippen molar-refractivity contribution in [1.29, 1.82) is 0 Å². The highest BCUT2D eigenvalue weighted by Gasteiger charge is 2.24. The Balaban J connectivity index is 1.74. The van der Waals surface area contributed by atoms with E-state index >= 15 is 0 Å². The first-order valence-electron chi connectivity index (χ1n) is 8.88. The van der Waals surface area contributed by atoms with Crippen molar-refractivity contribution in [3.63, 3.8) is 0 Å². The van der Waals surface area contributed by atoms with Crippen LogP contribution in [-0.2, 0) is 16.0 Å². The fraction of sp³-hybridized carbons (Fsp3) is 0.136. The maximum absolute atomic E-state index is 12.8. The first-order valence-corrected chi connectivity index (χ1v) is 8.88. The molecule has 0 aliphatic heterocycles. The second-order valence-electron chi connectivity index (χ2n) is 6.65. The normalized spacial score (nSPS) is 14.2. The molecule has 0 bridgehead atoms. The van der Waals surface area contributed by atoms with Gasteiger partial charge >= 0.3 is 5.97 Å². The van der Waals surface area contributed by atoms with Crippen LogP contribution in [0.4, 0.5) is 5.69 Å². The van der Waals surface area contributed by atoms with Gasteiger partial charge in [0.05, 0.1) is 5.39 Å². The van der Waals surface area contributed by atoms with Gasteiger partial charge < -0.3 is 14.8 Å². The third-order valence-corrected chi connectivity index (χ3v) is 4.66. The predicted octanol–water partition coefficient (Wildman–Crippen LogP) is 3.69. The number of benzene rings is 2. The molecule has 0 unspecified atom stereocenters. The lowest BCUT2D eigenvalue weighted by Crippen LogP contribution is -2.16. The number of amides is 1. The molecule has 0 atom stereocenters. The van der Waals surface area contributed by atoms with E-state index in [-0.39, 0.29) is 5.43 Å². The van der Waals surface area contributed by atoms with E-state index in [0.29, 0.717) is 34.4 Å². The number of hydrogen-bond acceptors (Lipinski definition) is 4. The highest BCUT2D eigenvalue weighted by molar-refractivity contribution is 6.02. The van der Waals surface area contributed by atoms with Crippen molar-refractivity contribution in [2.75, 3.05) is 5.32 Å². The fourth-order valence-corrected chi connectivity index (χ4v) is 3.40. The third-order valence-electron chi connectivity index (χ3n) is 4.66. The van der Waals surface area contributed by atoms with Crippen LogP contribution >= 0.6 is 0 Å². The second-order valence-corrected chi connectivity index (χ2v) is 6.65. The number of nitrogens with one attached hydrogen (secondary N) is 1. The zero-order valence-electron chi connectivity index (χ0n) is 14.9. The molecule has 6 nitrogen and oxygen atoms in total. The van der Waals surface area contributed by atoms with Gasteiger partial charge in [0, 0.05) is 17.3 Å². The van der Waals surface area contributed by atoms with Gasteiger partial charge in [-0.1, -0.05) is 30.3 Å². The number of allylic oxidation sites excluding steroid dienone is 1. The topological polar surface area (TPSA) is 96.6 Å². The van der Waals surface area contributed by atoms with E-state index < -0.39 is 18.3 Å². The molecule has 0 saturated heterocycles. The van der Waals surface area contributed by atoms with Gasteiger partial charge in [-0.2, -0.15) is 0 Å². The van der Waals surface area contributed by atoms with E-state index in [9.17, 15) is 14.4 Å². The smallest absolute Gasteiger partial charge is 0.312 e. The number of carbonyl (C=O) groups is 2. The number of aliphatic carboxylic acids is 1. The summed E-state index contributed by atoms with van der Waals surface area (Å²) in [6.07, 6.45) is 2.74. The zero-order chi connectivity index (χ0) is 19.7. The molecule has 1 aromatic heterocycles. The van der Waals surface area contributed by atoms with E-state index in [1.54, 1.807) is 18.2 Å². The first-order chi connectivity index (χ1) is 13.5. The zero-order valence-corrected chi connectivity index (χ0v) is 14.9. The van der Waals surface area contributed by atoms with Crippen LogP contribution in [0.2, 0.25) is 0 Å². The minimum Gasteiger partial charge on any atom is -0.481 e. The highest BCUT2D eigenvalue weighted by Crippen LogP contribution is 2.34. The largest absolute Gasteiger partial charge is 0.481 e. The number of carboxylic acid groups (broad SMARTS) is 1. The Kier molecular flexibility index (Phi) is 4.53. The summed E-state index contributed by atoms with van der Waals surface area (Å²) < 4.78 is 6.04. The number of rotatable bonds is 4. The van der Waals surface area contributed by atoms with Gasteiger partial charge in [0.2, 0.25) is 5.91 Å². The molecule has 1 heterocycles. The first kappa shape index (κ1) is 17.7. The molecule has 1 aliphatic rings. The molecule has 2 aromatic carbocycles. The molecule has 0 radical (unpaired) electrons. The van der Waals surface area contributed by atoms with Crippen molar-refractivity contribution in [2.45, 2.75) is 19.3 Å². The molecule has 6 heteroatoms. The molecular weight excluding hydrogens is 358 g/mol. The number of carbonyl (C=O) groups excluding carboxylic acids is 1. The summed E-state index contributed by atoms with van der Waals surface area (Å²) in [5.74, 6) is -1.27. The molecule has 3 aromatic rings. The predicted molar refractivity (Wildman–Crippen MR) is 106 cm³/mol. The summed E-state index contributed by atoms with van der Waals surface area (Å²) in [5, 5.41) is 11.6. The van der Waals surface area contributed by atoms with E-state index in [1.165, 1.54) is 0 Å². The van der Waals surface area contributed by atoms with Crippen molar-refractivity contribution in [1.82, 2.24) is 0 Å². The van der Waals surface area contributed by atoms with Crippen LogP contribution in [-0.4, -0.2) is 17.0 Å². The van der Waals surface area contributed by atoms with Crippen LogP contribution in [0.5, 0.6) is 0 Å². The second kappa shape index (κ2) is 7.15. The molecule has 4 rings (SSSR count). The summed E-state index contributed by atoms with van der Waals surface area (Å²) in [7, 11) is 0. The summed E-state index contributed by atoms with van der Waals surface area (Å²) in [6.45, 7) is 0. The minimum atomic E-state index is -1.21. The minimum absolute atomic E-state index is 0.0730. The van der Waals surface area contributed by atoms with E-state index in [1.807, 2.05) is 36.4 Å². The highest BCUT2D eigenvalue weighted by atomic mass is 16.4. The molecule has 28 heavy (non-hydrogen) atoms. The van der Waals surface area contributed by atoms with Crippen LogP contribution in [0, 0.1) is 0 Å². The molecule has 1 amide bonds. The summed E-state index contributed by atoms with van der Waals surface area (Å²) in [4.78, 5) is 35.2. The summed E-state index contributed by atoms with van der Waals surface area (Å²) >= 11 is 0. The third kappa shape index (κ3) is 3.44. The number of hydrogen-bond donors (Lipinski definition) is 2. The van der Waals surface area contributed by atoms with Crippen molar-refractivity contribution in [2.24, 2.45) is 0 Å². The van der Waals surface area contributed by atoms with E-state index in [0.717, 1.165) is 17.6 Å². The van der Waals surface area contributed by atoms with Crippen LogP contribution in [0.3, 0.4) is 0 Å². The lowest BCUT2D eigenvalue weighted by Gasteiger charge is -2.07. The SMILES string of the molecule is O=C(O)CC(=O)Nc1ccc2c(=O)c3c(oc2c1)/C(=C/c1ccccc1)CC3. The van der Waals surface area contributed by atoms with Crippen molar-refractivity contribution >= 4 is 40.2 Å². The fourth-order valence-electron chi connectivity index (χ4n) is 3.40. The molecule has 2 N–H and O–H groups in total.